The number of fused-ring (bicyclic) bond motifs is 1. The van der Waals surface area contributed by atoms with Crippen LogP contribution in [0.2, 0.25) is 0 Å². The number of nitrogen functional groups attached to an aromatic ring is 1. The highest BCUT2D eigenvalue weighted by Gasteiger charge is 2.12. The van der Waals surface area contributed by atoms with Crippen LogP contribution in [0.25, 0.3) is 11.0 Å². The summed E-state index contributed by atoms with van der Waals surface area (Å²) in [6.45, 7) is 0.205. The van der Waals surface area contributed by atoms with Gasteiger partial charge in [-0.15, -0.1) is 0 Å². The first kappa shape index (κ1) is 11.5. The highest BCUT2D eigenvalue weighted by Crippen LogP contribution is 2.18. The smallest absolute Gasteiger partial charge is 0.201 e. The van der Waals surface area contributed by atoms with Crippen LogP contribution in [-0.4, -0.2) is 15.3 Å². The third kappa shape index (κ3) is 2.08. The second kappa shape index (κ2) is 4.57. The molecule has 0 unspecified atom stereocenters. The molecule has 2 N–H and O–H groups in total. The molecule has 0 fully saturated rings. The number of aromatic nitrogens is 2. The van der Waals surface area contributed by atoms with Crippen LogP contribution in [0.3, 0.4) is 0 Å². The van der Waals surface area contributed by atoms with Crippen molar-refractivity contribution in [2.24, 2.45) is 0 Å². The zero-order chi connectivity index (χ0) is 13.2. The highest BCUT2D eigenvalue weighted by atomic mass is 16.1. The molecule has 0 atom stereocenters. The van der Waals surface area contributed by atoms with Crippen molar-refractivity contribution in [3.63, 3.8) is 0 Å². The van der Waals surface area contributed by atoms with Crippen LogP contribution in [0.1, 0.15) is 10.4 Å². The molecule has 0 aliphatic heterocycles. The zero-order valence-corrected chi connectivity index (χ0v) is 10.3. The van der Waals surface area contributed by atoms with Gasteiger partial charge in [0, 0.05) is 5.56 Å². The summed E-state index contributed by atoms with van der Waals surface area (Å²) in [5.74, 6) is 0.390. The van der Waals surface area contributed by atoms with Crippen molar-refractivity contribution >= 4 is 22.8 Å². The maximum Gasteiger partial charge on any atom is 0.201 e. The number of nitrogens with zero attached hydrogens (tertiary/aromatic N) is 2. The van der Waals surface area contributed by atoms with Gasteiger partial charge in [0.15, 0.2) is 5.78 Å². The minimum absolute atomic E-state index is 0.0236. The number of rotatable bonds is 3. The molecule has 1 heterocycles. The lowest BCUT2D eigenvalue weighted by Crippen LogP contribution is -2.12. The molecule has 94 valence electrons. The number of para-hydroxylation sites is 2. The van der Waals surface area contributed by atoms with Gasteiger partial charge in [-0.05, 0) is 12.1 Å². The number of carbonyl (C=O) groups is 1. The first-order valence-electron chi connectivity index (χ1n) is 6.05. The van der Waals surface area contributed by atoms with E-state index in [1.165, 1.54) is 0 Å². The minimum Gasteiger partial charge on any atom is -0.369 e. The lowest BCUT2D eigenvalue weighted by molar-refractivity contribution is 0.0974. The Bertz CT molecular complexity index is 731. The molecule has 0 saturated heterocycles. The Kier molecular flexibility index (Phi) is 2.76. The molecule has 3 rings (SSSR count). The number of nitrogens with two attached hydrogens (primary N) is 1. The van der Waals surface area contributed by atoms with Crippen molar-refractivity contribution in [2.45, 2.75) is 6.54 Å². The molecule has 0 saturated carbocycles. The lowest BCUT2D eigenvalue weighted by Gasteiger charge is -2.05. The summed E-state index contributed by atoms with van der Waals surface area (Å²) >= 11 is 0. The van der Waals surface area contributed by atoms with Crippen molar-refractivity contribution in [1.82, 2.24) is 9.55 Å². The number of carbonyl (C=O) groups excluding carboxylic acids is 1. The molecule has 2 aromatic carbocycles. The van der Waals surface area contributed by atoms with E-state index >= 15 is 0 Å². The van der Waals surface area contributed by atoms with E-state index in [-0.39, 0.29) is 12.3 Å². The van der Waals surface area contributed by atoms with Crippen molar-refractivity contribution in [3.8, 4) is 0 Å². The number of Topliss-reactive ketones (excluding diaryl/α,β-unsaturated/α-hetero) is 1. The number of ketones is 1. The van der Waals surface area contributed by atoms with Gasteiger partial charge in [0.1, 0.15) is 0 Å². The Morgan fingerprint density at radius 3 is 2.53 bits per heavy atom. The van der Waals surface area contributed by atoms with E-state index in [4.69, 9.17) is 5.73 Å². The van der Waals surface area contributed by atoms with Crippen LogP contribution in [0.5, 0.6) is 0 Å². The predicted molar refractivity (Wildman–Crippen MR) is 74.9 cm³/mol. The Morgan fingerprint density at radius 1 is 1.05 bits per heavy atom. The molecule has 1 aromatic heterocycles. The summed E-state index contributed by atoms with van der Waals surface area (Å²) in [7, 11) is 0. The van der Waals surface area contributed by atoms with Gasteiger partial charge in [0.2, 0.25) is 5.95 Å². The van der Waals surface area contributed by atoms with Crippen molar-refractivity contribution in [2.75, 3.05) is 5.73 Å². The molecule has 0 spiro atoms. The normalized spacial score (nSPS) is 10.7. The molecular formula is C15H13N3O. The number of imidazole rings is 1. The van der Waals surface area contributed by atoms with Crippen LogP contribution in [-0.2, 0) is 6.54 Å². The average Bonchev–Trinajstić information content (AvgIpc) is 2.76. The summed E-state index contributed by atoms with van der Waals surface area (Å²) in [5.41, 5.74) is 8.24. The quantitative estimate of drug-likeness (QED) is 0.727. The largest absolute Gasteiger partial charge is 0.369 e. The predicted octanol–water partition coefficient (Wildman–Crippen LogP) is 2.50. The van der Waals surface area contributed by atoms with Crippen molar-refractivity contribution < 1.29 is 4.79 Å². The summed E-state index contributed by atoms with van der Waals surface area (Å²) in [6, 6.07) is 16.8. The van der Waals surface area contributed by atoms with Crippen LogP contribution >= 0.6 is 0 Å². The third-order valence-electron chi connectivity index (χ3n) is 3.08. The fourth-order valence-corrected chi connectivity index (χ4v) is 2.12. The second-order valence-corrected chi connectivity index (χ2v) is 4.33. The topological polar surface area (TPSA) is 60.9 Å². The van der Waals surface area contributed by atoms with E-state index in [9.17, 15) is 4.79 Å². The number of hydrogen-bond acceptors (Lipinski definition) is 3. The van der Waals surface area contributed by atoms with Gasteiger partial charge >= 0.3 is 0 Å². The number of hydrogen-bond donors (Lipinski definition) is 1. The van der Waals surface area contributed by atoms with Crippen molar-refractivity contribution in [3.05, 3.63) is 60.2 Å². The summed E-state index contributed by atoms with van der Waals surface area (Å²) in [5, 5.41) is 0. The van der Waals surface area contributed by atoms with Crippen LogP contribution in [0, 0.1) is 0 Å². The van der Waals surface area contributed by atoms with Gasteiger partial charge in [-0.25, -0.2) is 4.98 Å². The molecule has 0 radical (unpaired) electrons. The first-order valence-corrected chi connectivity index (χ1v) is 6.05. The van der Waals surface area contributed by atoms with E-state index in [0.29, 0.717) is 11.5 Å². The Labute approximate surface area is 110 Å². The molecule has 3 aromatic rings. The second-order valence-electron chi connectivity index (χ2n) is 4.33. The zero-order valence-electron chi connectivity index (χ0n) is 10.3. The fraction of sp³-hybridized carbons (Fsp3) is 0.0667. The molecule has 4 heteroatoms. The van der Waals surface area contributed by atoms with Crippen LogP contribution in [0.15, 0.2) is 54.6 Å². The summed E-state index contributed by atoms with van der Waals surface area (Å²) in [6.07, 6.45) is 0. The van der Waals surface area contributed by atoms with Gasteiger partial charge in [-0.3, -0.25) is 4.79 Å². The van der Waals surface area contributed by atoms with E-state index in [1.807, 2.05) is 42.5 Å². The number of anilines is 1. The SMILES string of the molecule is Nc1nc2ccccc2n1CC(=O)c1ccccc1. The molecule has 19 heavy (non-hydrogen) atoms. The van der Waals surface area contributed by atoms with Crippen molar-refractivity contribution in [1.29, 1.82) is 0 Å². The summed E-state index contributed by atoms with van der Waals surface area (Å²) < 4.78 is 1.74. The average molecular weight is 251 g/mol. The van der Waals surface area contributed by atoms with Gasteiger partial charge in [0.25, 0.3) is 0 Å². The van der Waals surface area contributed by atoms with E-state index < -0.39 is 0 Å². The number of benzene rings is 2. The molecule has 0 aliphatic carbocycles. The molecular weight excluding hydrogens is 238 g/mol. The maximum absolute atomic E-state index is 12.2. The lowest BCUT2D eigenvalue weighted by atomic mass is 10.1. The first-order chi connectivity index (χ1) is 9.25. The Balaban J connectivity index is 1.98. The van der Waals surface area contributed by atoms with Gasteiger partial charge in [-0.1, -0.05) is 42.5 Å². The van der Waals surface area contributed by atoms with Crippen LogP contribution < -0.4 is 5.73 Å². The van der Waals surface area contributed by atoms with E-state index in [2.05, 4.69) is 4.98 Å². The minimum atomic E-state index is 0.0236. The van der Waals surface area contributed by atoms with E-state index in [1.54, 1.807) is 16.7 Å². The molecule has 4 nitrogen and oxygen atoms in total. The maximum atomic E-state index is 12.2. The fourth-order valence-electron chi connectivity index (χ4n) is 2.12. The molecule has 0 aliphatic rings. The summed E-state index contributed by atoms with van der Waals surface area (Å²) in [4.78, 5) is 16.5. The standard InChI is InChI=1S/C15H13N3O/c16-15-17-12-8-4-5-9-13(12)18(15)10-14(19)11-6-2-1-3-7-11/h1-9H,10H2,(H2,16,17). The van der Waals surface area contributed by atoms with Crippen LogP contribution in [0.4, 0.5) is 5.95 Å². The Hall–Kier alpha value is -2.62. The molecule has 0 amide bonds. The van der Waals surface area contributed by atoms with Gasteiger partial charge < -0.3 is 10.3 Å². The third-order valence-corrected chi connectivity index (χ3v) is 3.08. The molecule has 0 bridgehead atoms. The monoisotopic (exact) mass is 251 g/mol. The highest BCUT2D eigenvalue weighted by molar-refractivity contribution is 5.97. The van der Waals surface area contributed by atoms with Gasteiger partial charge in [0.05, 0.1) is 17.6 Å². The van der Waals surface area contributed by atoms with Gasteiger partial charge in [-0.2, -0.15) is 0 Å². The van der Waals surface area contributed by atoms with E-state index in [0.717, 1.165) is 11.0 Å². The Morgan fingerprint density at radius 2 is 1.74 bits per heavy atom.